The Bertz CT molecular complexity index is 1700. The summed E-state index contributed by atoms with van der Waals surface area (Å²) in [6, 6.07) is 0. The smallest absolute Gasteiger partial charge is 0.309 e. The molecule has 0 aromatic carbocycles. The molecule has 16 heteroatoms. The molecule has 16 nitrogen and oxygen atoms in total. The van der Waals surface area contributed by atoms with Crippen LogP contribution in [0.2, 0.25) is 0 Å². The van der Waals surface area contributed by atoms with Crippen molar-refractivity contribution in [3.63, 3.8) is 0 Å². The third-order valence-corrected chi connectivity index (χ3v) is 19.4. The summed E-state index contributed by atoms with van der Waals surface area (Å²) < 4.78 is 35.9. The molecule has 4 unspecified atom stereocenters. The van der Waals surface area contributed by atoms with Gasteiger partial charge in [-0.1, -0.05) is 46.8 Å². The summed E-state index contributed by atoms with van der Waals surface area (Å²) in [4.78, 5) is 13.1. The van der Waals surface area contributed by atoms with Crippen LogP contribution < -0.4 is 0 Å². The zero-order valence-electron chi connectivity index (χ0n) is 38.1. The number of aliphatic carboxylic acids is 1. The minimum Gasteiger partial charge on any atom is -0.481 e. The second-order valence-electron chi connectivity index (χ2n) is 22.5. The predicted octanol–water partition coefficient (Wildman–Crippen LogP) is 2.23. The molecule has 3 saturated heterocycles. The van der Waals surface area contributed by atoms with Crippen molar-refractivity contribution in [2.45, 2.75) is 205 Å². The predicted molar refractivity (Wildman–Crippen MR) is 223 cm³/mol. The third-order valence-electron chi connectivity index (χ3n) is 19.4. The Hall–Kier alpha value is -1.35. The first-order chi connectivity index (χ1) is 29.5. The van der Waals surface area contributed by atoms with Crippen LogP contribution in [0.5, 0.6) is 0 Å². The lowest BCUT2D eigenvalue weighted by atomic mass is 9.32. The summed E-state index contributed by atoms with van der Waals surface area (Å²) in [5.74, 6) is 0.786. The second-order valence-corrected chi connectivity index (χ2v) is 22.5. The lowest BCUT2D eigenvalue weighted by molar-refractivity contribution is -0.382. The second kappa shape index (κ2) is 17.0. The van der Waals surface area contributed by atoms with E-state index < -0.39 is 104 Å². The molecule has 5 aliphatic carbocycles. The van der Waals surface area contributed by atoms with Crippen LogP contribution in [0.15, 0.2) is 12.2 Å². The molecule has 9 N–H and O–H groups in total. The molecule has 24 atom stereocenters. The normalized spacial score (nSPS) is 55.5. The van der Waals surface area contributed by atoms with Gasteiger partial charge >= 0.3 is 5.97 Å². The number of carboxylic acids is 1. The fourth-order valence-corrected chi connectivity index (χ4v) is 15.7. The number of rotatable bonds is 9. The maximum atomic E-state index is 13.1. The minimum absolute atomic E-state index is 0.000905. The lowest BCUT2D eigenvalue weighted by Crippen LogP contribution is -2.67. The number of aliphatic hydroxyl groups is 8. The highest BCUT2D eigenvalue weighted by Crippen LogP contribution is 2.77. The van der Waals surface area contributed by atoms with Gasteiger partial charge < -0.3 is 74.4 Å². The zero-order valence-corrected chi connectivity index (χ0v) is 38.1. The van der Waals surface area contributed by atoms with E-state index in [2.05, 4.69) is 48.1 Å². The van der Waals surface area contributed by atoms with E-state index in [0.717, 1.165) is 69.8 Å². The number of carboxylic acid groups (broad SMARTS) is 1. The van der Waals surface area contributed by atoms with Crippen LogP contribution in [0.25, 0.3) is 0 Å². The van der Waals surface area contributed by atoms with Crippen molar-refractivity contribution in [3.05, 3.63) is 12.2 Å². The van der Waals surface area contributed by atoms with Gasteiger partial charge in [0, 0.05) is 0 Å². The zero-order chi connectivity index (χ0) is 45.9. The van der Waals surface area contributed by atoms with E-state index >= 15 is 0 Å². The maximum Gasteiger partial charge on any atom is 0.309 e. The van der Waals surface area contributed by atoms with Gasteiger partial charge in [-0.3, -0.25) is 4.79 Å². The Morgan fingerprint density at radius 3 is 2.05 bits per heavy atom. The first kappa shape index (κ1) is 48.1. The van der Waals surface area contributed by atoms with Crippen LogP contribution >= 0.6 is 0 Å². The van der Waals surface area contributed by atoms with E-state index in [9.17, 15) is 50.8 Å². The molecule has 8 fully saturated rings. The highest BCUT2D eigenvalue weighted by atomic mass is 16.8. The Morgan fingerprint density at radius 2 is 1.38 bits per heavy atom. The van der Waals surface area contributed by atoms with Crippen molar-refractivity contribution in [1.29, 1.82) is 0 Å². The van der Waals surface area contributed by atoms with Crippen LogP contribution in [0.1, 0.15) is 113 Å². The number of allylic oxidation sites excluding steroid dienone is 1. The Kier molecular flexibility index (Phi) is 13.0. The van der Waals surface area contributed by atoms with Crippen LogP contribution in [-0.4, -0.2) is 157 Å². The van der Waals surface area contributed by atoms with Crippen LogP contribution in [0, 0.1) is 56.7 Å². The molecule has 3 aliphatic heterocycles. The topological polar surface area (TPSA) is 255 Å². The van der Waals surface area contributed by atoms with Gasteiger partial charge in [0.05, 0.1) is 30.8 Å². The molecular weight excluding hydrogens is 821 g/mol. The molecule has 0 aromatic heterocycles. The molecule has 3 heterocycles. The molecule has 0 aromatic rings. The Balaban J connectivity index is 0.943. The monoisotopic (exact) mass is 897 g/mol. The number of fused-ring (bicyclic) bond motifs is 7. The highest BCUT2D eigenvalue weighted by molar-refractivity contribution is 5.76. The van der Waals surface area contributed by atoms with Crippen molar-refractivity contribution >= 4 is 5.97 Å². The molecule has 8 aliphatic rings. The van der Waals surface area contributed by atoms with Gasteiger partial charge in [0.1, 0.15) is 61.0 Å². The molecule has 0 radical (unpaired) electrons. The number of aliphatic hydroxyl groups excluding tert-OH is 8. The summed E-state index contributed by atoms with van der Waals surface area (Å²) in [6.07, 6.45) is -12.2. The van der Waals surface area contributed by atoms with Gasteiger partial charge in [0.25, 0.3) is 0 Å². The van der Waals surface area contributed by atoms with Crippen molar-refractivity contribution in [2.24, 2.45) is 56.7 Å². The average Bonchev–Trinajstić information content (AvgIpc) is 3.64. The standard InChI is InChI=1S/C47H76O16/c1-21(2)23-11-16-47(42(56)57)18-17-45(7)24(30(23)47)9-10-28-44(6)14-13-29(43(4,5)27(44)12-15-46(28,45)8)62-39-36(54)33(51)26(20-58-39)61-41-38(35(53)32(50)25(19-48)60-41)63-40-37(55)34(52)31(49)22(3)59-40/h22-41,48-55H,1,9-20H2,2-8H3,(H,56,57)/t22-,23?,24?,25+,26-,27?,28+,29-,30?,31-,32+,33-,34+,35-,36+,37+,38+,39-,40-,41-,44-,45+,46+,47-/m0/s1. The molecule has 0 spiro atoms. The summed E-state index contributed by atoms with van der Waals surface area (Å²) >= 11 is 0. The minimum atomic E-state index is -1.76. The third kappa shape index (κ3) is 7.33. The molecule has 0 bridgehead atoms. The van der Waals surface area contributed by atoms with Crippen molar-refractivity contribution in [2.75, 3.05) is 13.2 Å². The molecule has 360 valence electrons. The van der Waals surface area contributed by atoms with Crippen LogP contribution in [-0.2, 0) is 33.2 Å². The van der Waals surface area contributed by atoms with E-state index in [-0.39, 0.29) is 46.2 Å². The van der Waals surface area contributed by atoms with Crippen LogP contribution in [0.4, 0.5) is 0 Å². The summed E-state index contributed by atoms with van der Waals surface area (Å²) in [5.41, 5.74) is 0.150. The van der Waals surface area contributed by atoms with E-state index in [1.807, 2.05) is 0 Å². The van der Waals surface area contributed by atoms with E-state index in [4.69, 9.17) is 28.4 Å². The van der Waals surface area contributed by atoms with Crippen molar-refractivity contribution < 1.29 is 79.2 Å². The van der Waals surface area contributed by atoms with E-state index in [0.29, 0.717) is 17.8 Å². The Labute approximate surface area is 371 Å². The SMILES string of the molecule is C=C(C)C1CC[C@]2(C(=O)O)CC[C@]3(C)C(CC[C@@H]4[C@@]5(C)CC[C@H](O[C@@H]6OC[C@H](O[C@@H]7O[C@H](CO)[C@@H](O)[C@H](O)[C@H]7O[C@@H]7O[C@@H](C)[C@H](O)[C@@H](O)[C@H]7O)[C@H](O)[C@H]6O)C(C)(C)C5CC[C@]43C)C12. The maximum absolute atomic E-state index is 13.1. The molecule has 5 saturated carbocycles. The van der Waals surface area contributed by atoms with Gasteiger partial charge in [-0.15, -0.1) is 0 Å². The number of hydrogen-bond donors (Lipinski definition) is 9. The molecule has 63 heavy (non-hydrogen) atoms. The van der Waals surface area contributed by atoms with Crippen LogP contribution in [0.3, 0.4) is 0 Å². The van der Waals surface area contributed by atoms with Gasteiger partial charge in [0.15, 0.2) is 18.9 Å². The largest absolute Gasteiger partial charge is 0.481 e. The Morgan fingerprint density at radius 1 is 0.683 bits per heavy atom. The quantitative estimate of drug-likeness (QED) is 0.119. The summed E-state index contributed by atoms with van der Waals surface area (Å²) in [5, 5.41) is 96.5. The first-order valence-corrected chi connectivity index (χ1v) is 23.6. The van der Waals surface area contributed by atoms with E-state index in [1.54, 1.807) is 0 Å². The number of carbonyl (C=O) groups is 1. The van der Waals surface area contributed by atoms with Gasteiger partial charge in [0.2, 0.25) is 0 Å². The molecular formula is C47H76O16. The van der Waals surface area contributed by atoms with Gasteiger partial charge in [-0.2, -0.15) is 0 Å². The fraction of sp³-hybridized carbons (Fsp3) is 0.936. The van der Waals surface area contributed by atoms with Gasteiger partial charge in [-0.25, -0.2) is 0 Å². The van der Waals surface area contributed by atoms with Gasteiger partial charge in [-0.05, 0) is 129 Å². The molecule has 8 rings (SSSR count). The average molecular weight is 897 g/mol. The molecule has 0 amide bonds. The van der Waals surface area contributed by atoms with E-state index in [1.165, 1.54) is 6.92 Å². The lowest BCUT2D eigenvalue weighted by Gasteiger charge is -2.73. The first-order valence-electron chi connectivity index (χ1n) is 23.6. The summed E-state index contributed by atoms with van der Waals surface area (Å²) in [7, 11) is 0. The number of ether oxygens (including phenoxy) is 6. The number of hydrogen-bond acceptors (Lipinski definition) is 15. The van der Waals surface area contributed by atoms with Crippen molar-refractivity contribution in [3.8, 4) is 0 Å². The van der Waals surface area contributed by atoms with Crippen molar-refractivity contribution in [1.82, 2.24) is 0 Å². The summed E-state index contributed by atoms with van der Waals surface area (Å²) in [6.45, 7) is 18.9. The highest BCUT2D eigenvalue weighted by Gasteiger charge is 2.72. The fourth-order valence-electron chi connectivity index (χ4n) is 15.7.